The van der Waals surface area contributed by atoms with E-state index in [0.29, 0.717) is 13.2 Å². The standard InChI is InChI=1S/C15H25NO4/c1-5-20-12-9-14(18-3)13(15(10-12)19-4)11-16-7-6-8-17-2/h9-10,16H,5-8,11H2,1-4H3. The fraction of sp³-hybridized carbons (Fsp3) is 0.600. The predicted octanol–water partition coefficient (Wildman–Crippen LogP) is 2.23. The zero-order valence-corrected chi connectivity index (χ0v) is 12.8. The summed E-state index contributed by atoms with van der Waals surface area (Å²) >= 11 is 0. The summed E-state index contributed by atoms with van der Waals surface area (Å²) in [6, 6.07) is 3.77. The first-order chi connectivity index (χ1) is 9.76. The number of hydrogen-bond donors (Lipinski definition) is 1. The van der Waals surface area contributed by atoms with Crippen molar-refractivity contribution in [3.05, 3.63) is 17.7 Å². The van der Waals surface area contributed by atoms with Gasteiger partial charge in [-0.15, -0.1) is 0 Å². The van der Waals surface area contributed by atoms with Crippen LogP contribution >= 0.6 is 0 Å². The fourth-order valence-corrected chi connectivity index (χ4v) is 1.94. The van der Waals surface area contributed by atoms with Crippen molar-refractivity contribution in [3.8, 4) is 17.2 Å². The highest BCUT2D eigenvalue weighted by Gasteiger charge is 2.12. The van der Waals surface area contributed by atoms with E-state index in [1.807, 2.05) is 19.1 Å². The molecule has 0 aliphatic heterocycles. The lowest BCUT2D eigenvalue weighted by atomic mass is 10.1. The van der Waals surface area contributed by atoms with E-state index in [0.717, 1.165) is 42.4 Å². The van der Waals surface area contributed by atoms with Crippen molar-refractivity contribution < 1.29 is 18.9 Å². The molecule has 0 saturated heterocycles. The first-order valence-electron chi connectivity index (χ1n) is 6.84. The molecule has 0 radical (unpaired) electrons. The first-order valence-corrected chi connectivity index (χ1v) is 6.84. The van der Waals surface area contributed by atoms with Gasteiger partial charge in [-0.2, -0.15) is 0 Å². The molecular formula is C15H25NO4. The number of rotatable bonds is 10. The summed E-state index contributed by atoms with van der Waals surface area (Å²) in [7, 11) is 5.01. The maximum absolute atomic E-state index is 5.51. The number of hydrogen-bond acceptors (Lipinski definition) is 5. The van der Waals surface area contributed by atoms with Gasteiger partial charge in [0.05, 0.1) is 26.4 Å². The Morgan fingerprint density at radius 2 is 1.70 bits per heavy atom. The fourth-order valence-electron chi connectivity index (χ4n) is 1.94. The van der Waals surface area contributed by atoms with Gasteiger partial charge in [-0.3, -0.25) is 0 Å². The van der Waals surface area contributed by atoms with Crippen LogP contribution in [0.25, 0.3) is 0 Å². The monoisotopic (exact) mass is 283 g/mol. The Labute approximate surface area is 121 Å². The van der Waals surface area contributed by atoms with Crippen LogP contribution in [0.4, 0.5) is 0 Å². The van der Waals surface area contributed by atoms with Gasteiger partial charge in [0.15, 0.2) is 0 Å². The minimum atomic E-state index is 0.612. The Kier molecular flexibility index (Phi) is 7.84. The maximum atomic E-state index is 5.51. The smallest absolute Gasteiger partial charge is 0.130 e. The number of ether oxygens (including phenoxy) is 4. The van der Waals surface area contributed by atoms with E-state index in [9.17, 15) is 0 Å². The molecule has 0 atom stereocenters. The van der Waals surface area contributed by atoms with Crippen LogP contribution in [0.15, 0.2) is 12.1 Å². The summed E-state index contributed by atoms with van der Waals surface area (Å²) in [5, 5.41) is 3.36. The summed E-state index contributed by atoms with van der Waals surface area (Å²) in [5.41, 5.74) is 0.996. The van der Waals surface area contributed by atoms with Gasteiger partial charge in [0.25, 0.3) is 0 Å². The SMILES string of the molecule is CCOc1cc(OC)c(CNCCCOC)c(OC)c1. The third-order valence-corrected chi connectivity index (χ3v) is 2.90. The van der Waals surface area contributed by atoms with Crippen LogP contribution < -0.4 is 19.5 Å². The van der Waals surface area contributed by atoms with E-state index in [4.69, 9.17) is 18.9 Å². The van der Waals surface area contributed by atoms with Crippen LogP contribution in [-0.2, 0) is 11.3 Å². The third-order valence-electron chi connectivity index (χ3n) is 2.90. The van der Waals surface area contributed by atoms with Gasteiger partial charge in [-0.25, -0.2) is 0 Å². The Bertz CT molecular complexity index is 370. The molecule has 114 valence electrons. The van der Waals surface area contributed by atoms with E-state index in [-0.39, 0.29) is 0 Å². The second-order valence-electron chi connectivity index (χ2n) is 4.26. The summed E-state index contributed by atoms with van der Waals surface area (Å²) in [6.07, 6.45) is 0.970. The number of benzene rings is 1. The van der Waals surface area contributed by atoms with Crippen LogP contribution in [0, 0.1) is 0 Å². The van der Waals surface area contributed by atoms with Crippen molar-refractivity contribution in [1.29, 1.82) is 0 Å². The van der Waals surface area contributed by atoms with E-state index in [1.165, 1.54) is 0 Å². The van der Waals surface area contributed by atoms with Crippen molar-refractivity contribution in [2.24, 2.45) is 0 Å². The second kappa shape index (κ2) is 9.44. The Balaban J connectivity index is 2.76. The highest BCUT2D eigenvalue weighted by molar-refractivity contribution is 5.50. The predicted molar refractivity (Wildman–Crippen MR) is 78.9 cm³/mol. The molecule has 0 amide bonds. The molecule has 1 aromatic rings. The lowest BCUT2D eigenvalue weighted by Gasteiger charge is -2.16. The molecule has 1 aromatic carbocycles. The van der Waals surface area contributed by atoms with E-state index < -0.39 is 0 Å². The van der Waals surface area contributed by atoms with E-state index in [2.05, 4.69) is 5.32 Å². The molecule has 0 spiro atoms. The number of methoxy groups -OCH3 is 3. The van der Waals surface area contributed by atoms with Crippen molar-refractivity contribution in [3.63, 3.8) is 0 Å². The van der Waals surface area contributed by atoms with Gasteiger partial charge < -0.3 is 24.3 Å². The molecule has 1 rings (SSSR count). The summed E-state index contributed by atoms with van der Waals surface area (Å²) in [6.45, 7) is 4.88. The average molecular weight is 283 g/mol. The molecule has 0 fully saturated rings. The Morgan fingerprint density at radius 3 is 2.20 bits per heavy atom. The van der Waals surface area contributed by atoms with Gasteiger partial charge in [0.1, 0.15) is 17.2 Å². The molecule has 0 unspecified atom stereocenters. The molecule has 0 aliphatic rings. The third kappa shape index (κ3) is 4.90. The van der Waals surface area contributed by atoms with Gasteiger partial charge >= 0.3 is 0 Å². The zero-order valence-electron chi connectivity index (χ0n) is 12.8. The quantitative estimate of drug-likeness (QED) is 0.667. The topological polar surface area (TPSA) is 49.0 Å². The Hall–Kier alpha value is -1.46. The summed E-state index contributed by atoms with van der Waals surface area (Å²) in [5.74, 6) is 2.29. The molecule has 0 heterocycles. The van der Waals surface area contributed by atoms with Crippen molar-refractivity contribution in [1.82, 2.24) is 5.32 Å². The summed E-state index contributed by atoms with van der Waals surface area (Å²) in [4.78, 5) is 0. The first kappa shape index (κ1) is 16.6. The Morgan fingerprint density at radius 1 is 1.05 bits per heavy atom. The van der Waals surface area contributed by atoms with Crippen LogP contribution in [-0.4, -0.2) is 41.1 Å². The molecule has 0 bridgehead atoms. The molecule has 5 nitrogen and oxygen atoms in total. The number of nitrogens with one attached hydrogen (secondary N) is 1. The highest BCUT2D eigenvalue weighted by atomic mass is 16.5. The zero-order chi connectivity index (χ0) is 14.8. The molecule has 0 aromatic heterocycles. The van der Waals surface area contributed by atoms with Crippen LogP contribution in [0.2, 0.25) is 0 Å². The molecule has 0 saturated carbocycles. The minimum absolute atomic E-state index is 0.612. The molecule has 1 N–H and O–H groups in total. The minimum Gasteiger partial charge on any atom is -0.496 e. The van der Waals surface area contributed by atoms with E-state index >= 15 is 0 Å². The van der Waals surface area contributed by atoms with Crippen molar-refractivity contribution >= 4 is 0 Å². The van der Waals surface area contributed by atoms with Crippen LogP contribution in [0.5, 0.6) is 17.2 Å². The van der Waals surface area contributed by atoms with Crippen molar-refractivity contribution in [2.75, 3.05) is 41.1 Å². The maximum Gasteiger partial charge on any atom is 0.130 e. The van der Waals surface area contributed by atoms with Gasteiger partial charge in [0.2, 0.25) is 0 Å². The van der Waals surface area contributed by atoms with Crippen LogP contribution in [0.3, 0.4) is 0 Å². The van der Waals surface area contributed by atoms with E-state index in [1.54, 1.807) is 21.3 Å². The second-order valence-corrected chi connectivity index (χ2v) is 4.26. The lowest BCUT2D eigenvalue weighted by Crippen LogP contribution is -2.17. The van der Waals surface area contributed by atoms with Gasteiger partial charge in [-0.1, -0.05) is 0 Å². The molecule has 5 heteroatoms. The lowest BCUT2D eigenvalue weighted by molar-refractivity contribution is 0.194. The largest absolute Gasteiger partial charge is 0.496 e. The molecular weight excluding hydrogens is 258 g/mol. The normalized spacial score (nSPS) is 10.4. The summed E-state index contributed by atoms with van der Waals surface area (Å²) < 4.78 is 21.4. The molecule has 0 aliphatic carbocycles. The van der Waals surface area contributed by atoms with Crippen LogP contribution in [0.1, 0.15) is 18.9 Å². The van der Waals surface area contributed by atoms with Crippen molar-refractivity contribution in [2.45, 2.75) is 19.9 Å². The van der Waals surface area contributed by atoms with Gasteiger partial charge in [-0.05, 0) is 19.9 Å². The average Bonchev–Trinajstić information content (AvgIpc) is 2.47. The highest BCUT2D eigenvalue weighted by Crippen LogP contribution is 2.34. The van der Waals surface area contributed by atoms with Gasteiger partial charge in [0, 0.05) is 32.4 Å². The molecule has 20 heavy (non-hydrogen) atoms.